The van der Waals surface area contributed by atoms with Crippen molar-refractivity contribution in [3.63, 3.8) is 0 Å². The third-order valence-electron chi connectivity index (χ3n) is 2.82. The largest absolute Gasteiger partial charge is 0.444 e. The highest BCUT2D eigenvalue weighted by atomic mass is 32.1. The first-order chi connectivity index (χ1) is 9.69. The fourth-order valence-electron chi connectivity index (χ4n) is 1.79. The van der Waals surface area contributed by atoms with Gasteiger partial charge in [0.25, 0.3) is 0 Å². The summed E-state index contributed by atoms with van der Waals surface area (Å²) >= 11 is 1.38. The lowest BCUT2D eigenvalue weighted by atomic mass is 10.2. The van der Waals surface area contributed by atoms with Crippen LogP contribution < -0.4 is 5.63 Å². The van der Waals surface area contributed by atoms with Crippen molar-refractivity contribution in [2.75, 3.05) is 7.05 Å². The van der Waals surface area contributed by atoms with E-state index in [4.69, 9.17) is 9.15 Å². The Labute approximate surface area is 126 Å². The van der Waals surface area contributed by atoms with Crippen LogP contribution in [0.15, 0.2) is 14.7 Å². The molecule has 0 saturated heterocycles. The molecule has 2 rings (SSSR count). The molecule has 0 aliphatic rings. The molecule has 0 fully saturated rings. The standard InChI is InChI=1S/C14H18N2O4S/c1-8-9(6-16(5)13(18)20-14(2,3)4)19-12(17)10-11(8)21-7-15-10/h7H,6H2,1-5H3. The molecule has 1 amide bonds. The van der Waals surface area contributed by atoms with Crippen molar-refractivity contribution in [2.45, 2.75) is 39.8 Å². The van der Waals surface area contributed by atoms with Crippen LogP contribution in [0.5, 0.6) is 0 Å². The Morgan fingerprint density at radius 2 is 2.14 bits per heavy atom. The summed E-state index contributed by atoms with van der Waals surface area (Å²) in [6.45, 7) is 7.42. The monoisotopic (exact) mass is 310 g/mol. The van der Waals surface area contributed by atoms with E-state index in [1.165, 1.54) is 16.2 Å². The highest BCUT2D eigenvalue weighted by molar-refractivity contribution is 7.16. The van der Waals surface area contributed by atoms with Crippen molar-refractivity contribution in [3.8, 4) is 0 Å². The van der Waals surface area contributed by atoms with E-state index in [9.17, 15) is 9.59 Å². The molecule has 114 valence electrons. The van der Waals surface area contributed by atoms with Gasteiger partial charge >= 0.3 is 11.7 Å². The zero-order chi connectivity index (χ0) is 15.8. The van der Waals surface area contributed by atoms with E-state index in [0.717, 1.165) is 10.3 Å². The van der Waals surface area contributed by atoms with Crippen LogP contribution in [0.3, 0.4) is 0 Å². The highest BCUT2D eigenvalue weighted by Crippen LogP contribution is 2.23. The van der Waals surface area contributed by atoms with Crippen LogP contribution in [0, 0.1) is 6.92 Å². The number of aryl methyl sites for hydroxylation is 1. The molecule has 21 heavy (non-hydrogen) atoms. The maximum atomic E-state index is 11.9. The van der Waals surface area contributed by atoms with E-state index in [1.54, 1.807) is 33.3 Å². The van der Waals surface area contributed by atoms with Gasteiger partial charge < -0.3 is 14.1 Å². The summed E-state index contributed by atoms with van der Waals surface area (Å²) in [7, 11) is 1.60. The molecule has 0 saturated carbocycles. The molecule has 0 radical (unpaired) electrons. The minimum absolute atomic E-state index is 0.170. The number of ether oxygens (including phenoxy) is 1. The van der Waals surface area contributed by atoms with Gasteiger partial charge in [0.05, 0.1) is 16.8 Å². The summed E-state index contributed by atoms with van der Waals surface area (Å²) < 4.78 is 11.3. The summed E-state index contributed by atoms with van der Waals surface area (Å²) in [5.41, 5.74) is 1.71. The lowest BCUT2D eigenvalue weighted by Gasteiger charge is -2.24. The van der Waals surface area contributed by atoms with Crippen molar-refractivity contribution in [3.05, 3.63) is 27.3 Å². The number of thiazole rings is 1. The molecule has 0 N–H and O–H groups in total. The van der Waals surface area contributed by atoms with Gasteiger partial charge in [0, 0.05) is 12.6 Å². The molecular formula is C14H18N2O4S. The lowest BCUT2D eigenvalue weighted by molar-refractivity contribution is 0.0273. The average Bonchev–Trinajstić information content (AvgIpc) is 2.83. The van der Waals surface area contributed by atoms with E-state index in [2.05, 4.69) is 4.98 Å². The van der Waals surface area contributed by atoms with E-state index in [1.807, 2.05) is 6.92 Å². The van der Waals surface area contributed by atoms with Crippen LogP contribution in [-0.2, 0) is 11.3 Å². The van der Waals surface area contributed by atoms with Gasteiger partial charge in [-0.05, 0) is 27.7 Å². The number of carbonyl (C=O) groups is 1. The van der Waals surface area contributed by atoms with Gasteiger partial charge in [-0.1, -0.05) is 0 Å². The van der Waals surface area contributed by atoms with Gasteiger partial charge in [-0.2, -0.15) is 0 Å². The number of hydrogen-bond acceptors (Lipinski definition) is 6. The summed E-state index contributed by atoms with van der Waals surface area (Å²) in [5.74, 6) is 0.449. The first kappa shape index (κ1) is 15.5. The number of nitrogens with zero attached hydrogens (tertiary/aromatic N) is 2. The van der Waals surface area contributed by atoms with Crippen molar-refractivity contribution >= 4 is 27.6 Å². The second-order valence-electron chi connectivity index (χ2n) is 5.80. The molecule has 0 aliphatic heterocycles. The Morgan fingerprint density at radius 3 is 2.76 bits per heavy atom. The summed E-state index contributed by atoms with van der Waals surface area (Å²) in [4.78, 5) is 29.2. The lowest BCUT2D eigenvalue weighted by Crippen LogP contribution is -2.34. The Kier molecular flexibility index (Phi) is 4.04. The third kappa shape index (κ3) is 3.41. The molecule has 0 aromatic carbocycles. The van der Waals surface area contributed by atoms with Crippen molar-refractivity contribution < 1.29 is 13.9 Å². The normalized spacial score (nSPS) is 11.7. The van der Waals surface area contributed by atoms with Gasteiger partial charge in [-0.25, -0.2) is 14.6 Å². The first-order valence-electron chi connectivity index (χ1n) is 6.49. The van der Waals surface area contributed by atoms with Crippen molar-refractivity contribution in [2.24, 2.45) is 0 Å². The molecule has 0 unspecified atom stereocenters. The number of amides is 1. The van der Waals surface area contributed by atoms with Gasteiger partial charge in [-0.3, -0.25) is 0 Å². The fraction of sp³-hybridized carbons (Fsp3) is 0.500. The zero-order valence-electron chi connectivity index (χ0n) is 12.7. The van der Waals surface area contributed by atoms with Crippen molar-refractivity contribution in [1.82, 2.24) is 9.88 Å². The molecule has 6 nitrogen and oxygen atoms in total. The predicted octanol–water partition coefficient (Wildman–Crippen LogP) is 2.92. The second kappa shape index (κ2) is 5.48. The van der Waals surface area contributed by atoms with Crippen LogP contribution in [0.25, 0.3) is 10.2 Å². The van der Waals surface area contributed by atoms with Crippen molar-refractivity contribution in [1.29, 1.82) is 0 Å². The molecule has 0 atom stereocenters. The zero-order valence-corrected chi connectivity index (χ0v) is 13.5. The Balaban J connectivity index is 2.25. The molecule has 7 heteroatoms. The van der Waals surface area contributed by atoms with Crippen LogP contribution in [0.1, 0.15) is 32.1 Å². The Bertz CT molecular complexity index is 727. The predicted molar refractivity (Wildman–Crippen MR) is 80.6 cm³/mol. The summed E-state index contributed by atoms with van der Waals surface area (Å²) in [6.07, 6.45) is -0.464. The summed E-state index contributed by atoms with van der Waals surface area (Å²) in [5, 5.41) is 0. The van der Waals surface area contributed by atoms with Crippen LogP contribution >= 0.6 is 11.3 Å². The number of fused-ring (bicyclic) bond motifs is 1. The van der Waals surface area contributed by atoms with Gasteiger partial charge in [0.15, 0.2) is 5.52 Å². The van der Waals surface area contributed by atoms with Gasteiger partial charge in [-0.15, -0.1) is 11.3 Å². The maximum absolute atomic E-state index is 11.9. The number of rotatable bonds is 2. The molecule has 2 heterocycles. The minimum atomic E-state index is -0.567. The molecule has 0 spiro atoms. The SMILES string of the molecule is Cc1c(CN(C)C(=O)OC(C)(C)C)oc(=O)c2ncsc12. The summed E-state index contributed by atoms with van der Waals surface area (Å²) in [6, 6.07) is 0. The molecule has 2 aromatic heterocycles. The second-order valence-corrected chi connectivity index (χ2v) is 6.66. The van der Waals surface area contributed by atoms with E-state index >= 15 is 0 Å². The average molecular weight is 310 g/mol. The van der Waals surface area contributed by atoms with E-state index < -0.39 is 17.3 Å². The quantitative estimate of drug-likeness (QED) is 0.852. The smallest absolute Gasteiger partial charge is 0.410 e. The van der Waals surface area contributed by atoms with Gasteiger partial charge in [0.2, 0.25) is 0 Å². The molecular weight excluding hydrogens is 292 g/mol. The third-order valence-corrected chi connectivity index (χ3v) is 3.77. The van der Waals surface area contributed by atoms with E-state index in [0.29, 0.717) is 11.3 Å². The first-order valence-corrected chi connectivity index (χ1v) is 7.37. The fourth-order valence-corrected chi connectivity index (χ4v) is 2.59. The van der Waals surface area contributed by atoms with Gasteiger partial charge in [0.1, 0.15) is 11.4 Å². The van der Waals surface area contributed by atoms with E-state index in [-0.39, 0.29) is 6.54 Å². The van der Waals surface area contributed by atoms with Crippen LogP contribution in [0.2, 0.25) is 0 Å². The Morgan fingerprint density at radius 1 is 1.48 bits per heavy atom. The maximum Gasteiger partial charge on any atom is 0.410 e. The molecule has 2 aromatic rings. The molecule has 0 bridgehead atoms. The minimum Gasteiger partial charge on any atom is -0.444 e. The van der Waals surface area contributed by atoms with Crippen LogP contribution in [0.4, 0.5) is 4.79 Å². The molecule has 0 aliphatic carbocycles. The number of hydrogen-bond donors (Lipinski definition) is 0. The number of carbonyl (C=O) groups excluding carboxylic acids is 1. The topological polar surface area (TPSA) is 72.6 Å². The van der Waals surface area contributed by atoms with Crippen LogP contribution in [-0.4, -0.2) is 28.6 Å². The number of aromatic nitrogens is 1. The Hall–Kier alpha value is -1.89. The highest BCUT2D eigenvalue weighted by Gasteiger charge is 2.22.